The number of nitrogen functional groups attached to an aromatic ring is 1. The van der Waals surface area contributed by atoms with Crippen molar-refractivity contribution in [1.29, 1.82) is 0 Å². The highest BCUT2D eigenvalue weighted by molar-refractivity contribution is 5.94. The summed E-state index contributed by atoms with van der Waals surface area (Å²) in [4.78, 5) is 16.7. The van der Waals surface area contributed by atoms with Crippen LogP contribution in [0.1, 0.15) is 21.5 Å². The maximum atomic E-state index is 12.5. The van der Waals surface area contributed by atoms with Gasteiger partial charge in [-0.05, 0) is 42.0 Å². The molecule has 0 aliphatic carbocycles. The van der Waals surface area contributed by atoms with Crippen LogP contribution in [0, 0.1) is 0 Å². The number of nitrogens with zero attached hydrogens (tertiary/aromatic N) is 2. The highest BCUT2D eigenvalue weighted by Crippen LogP contribution is 2.19. The Morgan fingerprint density at radius 2 is 1.72 bits per heavy atom. The lowest BCUT2D eigenvalue weighted by Crippen LogP contribution is -2.48. The molecule has 0 bridgehead atoms. The van der Waals surface area contributed by atoms with Gasteiger partial charge in [0.1, 0.15) is 5.75 Å². The third-order valence-corrected chi connectivity index (χ3v) is 4.59. The van der Waals surface area contributed by atoms with E-state index >= 15 is 0 Å². The van der Waals surface area contributed by atoms with Gasteiger partial charge >= 0.3 is 0 Å². The number of hydrogen-bond acceptors (Lipinski definition) is 5. The minimum Gasteiger partial charge on any atom is -0.508 e. The zero-order valence-corrected chi connectivity index (χ0v) is 14.2. The Hall–Kier alpha value is -2.57. The Morgan fingerprint density at radius 3 is 2.36 bits per heavy atom. The molecule has 25 heavy (non-hydrogen) atoms. The van der Waals surface area contributed by atoms with Crippen LogP contribution in [0.15, 0.2) is 42.5 Å². The Balaban J connectivity index is 1.56. The van der Waals surface area contributed by atoms with Gasteiger partial charge in [-0.25, -0.2) is 0 Å². The van der Waals surface area contributed by atoms with E-state index in [9.17, 15) is 9.90 Å². The maximum Gasteiger partial charge on any atom is 0.253 e. The summed E-state index contributed by atoms with van der Waals surface area (Å²) in [6, 6.07) is 12.6. The molecule has 0 saturated carbocycles. The quantitative estimate of drug-likeness (QED) is 0.731. The van der Waals surface area contributed by atoms with E-state index in [0.29, 0.717) is 30.9 Å². The van der Waals surface area contributed by atoms with E-state index in [1.54, 1.807) is 30.3 Å². The second-order valence-corrected chi connectivity index (χ2v) is 6.36. The van der Waals surface area contributed by atoms with Gasteiger partial charge < -0.3 is 21.5 Å². The van der Waals surface area contributed by atoms with Crippen LogP contribution in [-0.2, 0) is 13.1 Å². The normalized spacial score (nSPS) is 15.3. The third-order valence-electron chi connectivity index (χ3n) is 4.59. The summed E-state index contributed by atoms with van der Waals surface area (Å²) in [5.41, 5.74) is 14.5. The molecule has 0 radical (unpaired) electrons. The zero-order valence-electron chi connectivity index (χ0n) is 14.2. The first-order valence-corrected chi connectivity index (χ1v) is 8.45. The van der Waals surface area contributed by atoms with E-state index in [0.717, 1.165) is 30.8 Å². The number of carbonyl (C=O) groups excluding carboxylic acids is 1. The van der Waals surface area contributed by atoms with Gasteiger partial charge in [-0.1, -0.05) is 6.07 Å². The smallest absolute Gasteiger partial charge is 0.253 e. The zero-order chi connectivity index (χ0) is 17.8. The van der Waals surface area contributed by atoms with Crippen LogP contribution in [0.3, 0.4) is 0 Å². The third kappa shape index (κ3) is 4.10. The molecule has 1 heterocycles. The summed E-state index contributed by atoms with van der Waals surface area (Å²) >= 11 is 0. The fraction of sp³-hybridized carbons (Fsp3) is 0.316. The molecule has 2 aromatic carbocycles. The van der Waals surface area contributed by atoms with Crippen molar-refractivity contribution in [3.63, 3.8) is 0 Å². The summed E-state index contributed by atoms with van der Waals surface area (Å²) in [5.74, 6) is 0.292. The lowest BCUT2D eigenvalue weighted by atomic mass is 10.1. The van der Waals surface area contributed by atoms with Crippen molar-refractivity contribution in [1.82, 2.24) is 9.80 Å². The van der Waals surface area contributed by atoms with Gasteiger partial charge in [0.05, 0.1) is 0 Å². The van der Waals surface area contributed by atoms with Crippen LogP contribution in [-0.4, -0.2) is 47.0 Å². The predicted octanol–water partition coefficient (Wildman–Crippen LogP) is 1.39. The summed E-state index contributed by atoms with van der Waals surface area (Å²) < 4.78 is 0. The Morgan fingerprint density at radius 1 is 1.04 bits per heavy atom. The largest absolute Gasteiger partial charge is 0.508 e. The van der Waals surface area contributed by atoms with E-state index in [1.807, 2.05) is 17.0 Å². The lowest BCUT2D eigenvalue weighted by molar-refractivity contribution is 0.0628. The standard InChI is InChI=1S/C19H24N4O2/c20-12-16-11-14(1-6-18(16)24)13-22-7-9-23(10-8-22)19(25)15-2-4-17(21)5-3-15/h1-6,11,24H,7-10,12-13,20-21H2. The number of rotatable bonds is 4. The van der Waals surface area contributed by atoms with Gasteiger partial charge in [0, 0.05) is 56.1 Å². The Bertz CT molecular complexity index is 738. The van der Waals surface area contributed by atoms with E-state index in [2.05, 4.69) is 4.90 Å². The topological polar surface area (TPSA) is 95.8 Å². The van der Waals surface area contributed by atoms with Crippen LogP contribution in [0.25, 0.3) is 0 Å². The van der Waals surface area contributed by atoms with Gasteiger partial charge in [0.15, 0.2) is 0 Å². The fourth-order valence-electron chi connectivity index (χ4n) is 3.08. The minimum absolute atomic E-state index is 0.0506. The van der Waals surface area contributed by atoms with Crippen molar-refractivity contribution in [2.45, 2.75) is 13.1 Å². The number of amides is 1. The molecular weight excluding hydrogens is 316 g/mol. The molecular formula is C19H24N4O2. The van der Waals surface area contributed by atoms with Crippen molar-refractivity contribution in [2.24, 2.45) is 5.73 Å². The molecule has 0 spiro atoms. The Kier molecular flexibility index (Phi) is 5.21. The molecule has 1 fully saturated rings. The minimum atomic E-state index is 0.0506. The number of phenolic OH excluding ortho intramolecular Hbond substituents is 1. The Labute approximate surface area is 147 Å². The second kappa shape index (κ2) is 7.55. The number of anilines is 1. The molecule has 0 unspecified atom stereocenters. The summed E-state index contributed by atoms with van der Waals surface area (Å²) in [7, 11) is 0. The van der Waals surface area contributed by atoms with E-state index < -0.39 is 0 Å². The highest BCUT2D eigenvalue weighted by atomic mass is 16.3. The van der Waals surface area contributed by atoms with Crippen LogP contribution in [0.4, 0.5) is 5.69 Å². The van der Waals surface area contributed by atoms with Crippen molar-refractivity contribution >= 4 is 11.6 Å². The van der Waals surface area contributed by atoms with Crippen molar-refractivity contribution in [3.05, 3.63) is 59.2 Å². The molecule has 5 N–H and O–H groups in total. The number of benzene rings is 2. The summed E-state index contributed by atoms with van der Waals surface area (Å²) in [5, 5.41) is 9.72. The first-order valence-electron chi connectivity index (χ1n) is 8.45. The number of aromatic hydroxyl groups is 1. The van der Waals surface area contributed by atoms with Gasteiger partial charge in [0.2, 0.25) is 0 Å². The number of nitrogens with two attached hydrogens (primary N) is 2. The fourth-order valence-corrected chi connectivity index (χ4v) is 3.08. The van der Waals surface area contributed by atoms with Crippen LogP contribution in [0.5, 0.6) is 5.75 Å². The molecule has 0 atom stereocenters. The number of phenols is 1. The predicted molar refractivity (Wildman–Crippen MR) is 98.0 cm³/mol. The SMILES string of the molecule is NCc1cc(CN2CCN(C(=O)c3ccc(N)cc3)CC2)ccc1O. The summed E-state index contributed by atoms with van der Waals surface area (Å²) in [6.45, 7) is 4.15. The maximum absolute atomic E-state index is 12.5. The van der Waals surface area contributed by atoms with Crippen molar-refractivity contribution in [2.75, 3.05) is 31.9 Å². The van der Waals surface area contributed by atoms with Gasteiger partial charge in [0.25, 0.3) is 5.91 Å². The molecule has 6 heteroatoms. The molecule has 2 aromatic rings. The molecule has 0 aromatic heterocycles. The van der Waals surface area contributed by atoms with Gasteiger partial charge in [-0.2, -0.15) is 0 Å². The molecule has 1 aliphatic heterocycles. The van der Waals surface area contributed by atoms with Crippen molar-refractivity contribution < 1.29 is 9.90 Å². The molecule has 6 nitrogen and oxygen atoms in total. The second-order valence-electron chi connectivity index (χ2n) is 6.36. The van der Waals surface area contributed by atoms with Crippen LogP contribution in [0.2, 0.25) is 0 Å². The molecule has 1 saturated heterocycles. The van der Waals surface area contributed by atoms with E-state index in [1.165, 1.54) is 0 Å². The first-order chi connectivity index (χ1) is 12.1. The average Bonchev–Trinajstić information content (AvgIpc) is 2.64. The summed E-state index contributed by atoms with van der Waals surface area (Å²) in [6.07, 6.45) is 0. The lowest BCUT2D eigenvalue weighted by Gasteiger charge is -2.35. The van der Waals surface area contributed by atoms with Crippen LogP contribution >= 0.6 is 0 Å². The first kappa shape index (κ1) is 17.3. The van der Waals surface area contributed by atoms with Crippen molar-refractivity contribution in [3.8, 4) is 5.75 Å². The monoisotopic (exact) mass is 340 g/mol. The number of piperazine rings is 1. The van der Waals surface area contributed by atoms with Crippen LogP contribution < -0.4 is 11.5 Å². The van der Waals surface area contributed by atoms with Gasteiger partial charge in [-0.3, -0.25) is 9.69 Å². The highest BCUT2D eigenvalue weighted by Gasteiger charge is 2.22. The molecule has 1 amide bonds. The molecule has 132 valence electrons. The average molecular weight is 340 g/mol. The molecule has 3 rings (SSSR count). The van der Waals surface area contributed by atoms with Gasteiger partial charge in [-0.15, -0.1) is 0 Å². The number of hydrogen-bond donors (Lipinski definition) is 3. The number of carbonyl (C=O) groups is 1. The van der Waals surface area contributed by atoms with E-state index in [4.69, 9.17) is 11.5 Å². The van der Waals surface area contributed by atoms with E-state index in [-0.39, 0.29) is 11.7 Å². The molecule has 1 aliphatic rings.